The Bertz CT molecular complexity index is 493. The number of rotatable bonds is 4. The second kappa shape index (κ2) is 5.79. The van der Waals surface area contributed by atoms with Crippen molar-refractivity contribution in [3.05, 3.63) is 30.1 Å². The van der Waals surface area contributed by atoms with E-state index in [4.69, 9.17) is 5.11 Å². The first kappa shape index (κ1) is 13.5. The van der Waals surface area contributed by atoms with E-state index in [-0.39, 0.29) is 18.7 Å². The van der Waals surface area contributed by atoms with Crippen LogP contribution in [-0.2, 0) is 9.59 Å². The van der Waals surface area contributed by atoms with Crippen LogP contribution in [0.1, 0.15) is 12.8 Å². The van der Waals surface area contributed by atoms with Crippen LogP contribution in [0.15, 0.2) is 24.3 Å². The van der Waals surface area contributed by atoms with Crippen LogP contribution >= 0.6 is 0 Å². The predicted molar refractivity (Wildman–Crippen MR) is 67.4 cm³/mol. The number of halogens is 1. The molecular weight excluding hydrogens is 251 g/mol. The summed E-state index contributed by atoms with van der Waals surface area (Å²) in [6, 6.07) is 5.32. The largest absolute Gasteiger partial charge is 0.481 e. The van der Waals surface area contributed by atoms with E-state index in [1.54, 1.807) is 12.1 Å². The number of hydrogen-bond acceptors (Lipinski definition) is 3. The summed E-state index contributed by atoms with van der Waals surface area (Å²) < 4.78 is 13.2. The Morgan fingerprint density at radius 2 is 2.32 bits per heavy atom. The molecule has 1 aromatic carbocycles. The van der Waals surface area contributed by atoms with Crippen LogP contribution in [0.25, 0.3) is 0 Å². The van der Waals surface area contributed by atoms with Crippen LogP contribution in [0.3, 0.4) is 0 Å². The fourth-order valence-electron chi connectivity index (χ4n) is 2.13. The van der Waals surface area contributed by atoms with Gasteiger partial charge < -0.3 is 15.3 Å². The van der Waals surface area contributed by atoms with Crippen molar-refractivity contribution in [3.63, 3.8) is 0 Å². The number of amides is 1. The van der Waals surface area contributed by atoms with Crippen LogP contribution in [0, 0.1) is 5.82 Å². The molecule has 0 spiro atoms. The standard InChI is InChI=1S/C13H15FN2O3/c14-9-2-1-3-10(8-9)16-7-6-15-11(13(16)19)4-5-12(17)18/h1-3,8,11,15H,4-7H2,(H,17,18). The second-order valence-electron chi connectivity index (χ2n) is 4.41. The van der Waals surface area contributed by atoms with E-state index >= 15 is 0 Å². The molecular formula is C13H15FN2O3. The minimum absolute atomic E-state index is 0.0691. The number of piperazine rings is 1. The third-order valence-corrected chi connectivity index (χ3v) is 3.06. The molecule has 1 saturated heterocycles. The molecule has 1 atom stereocenters. The number of aliphatic carboxylic acids is 1. The number of carboxylic acids is 1. The highest BCUT2D eigenvalue weighted by Gasteiger charge is 2.29. The minimum Gasteiger partial charge on any atom is -0.481 e. The fraction of sp³-hybridized carbons (Fsp3) is 0.385. The Hall–Kier alpha value is -1.95. The molecule has 0 aromatic heterocycles. The quantitative estimate of drug-likeness (QED) is 0.853. The van der Waals surface area contributed by atoms with Gasteiger partial charge in [-0.3, -0.25) is 9.59 Å². The van der Waals surface area contributed by atoms with Crippen molar-refractivity contribution in [2.75, 3.05) is 18.0 Å². The van der Waals surface area contributed by atoms with E-state index in [0.29, 0.717) is 18.8 Å². The lowest BCUT2D eigenvalue weighted by atomic mass is 10.1. The topological polar surface area (TPSA) is 69.6 Å². The molecule has 0 bridgehead atoms. The molecule has 5 nitrogen and oxygen atoms in total. The number of anilines is 1. The number of carbonyl (C=O) groups excluding carboxylic acids is 1. The number of nitrogens with one attached hydrogen (secondary N) is 1. The molecule has 0 aliphatic carbocycles. The Labute approximate surface area is 110 Å². The van der Waals surface area contributed by atoms with Crippen molar-refractivity contribution in [2.24, 2.45) is 0 Å². The van der Waals surface area contributed by atoms with E-state index in [1.807, 2.05) is 0 Å². The number of nitrogens with zero attached hydrogens (tertiary/aromatic N) is 1. The number of carbonyl (C=O) groups is 2. The lowest BCUT2D eigenvalue weighted by Gasteiger charge is -2.33. The maximum atomic E-state index is 13.2. The van der Waals surface area contributed by atoms with Gasteiger partial charge in [-0.05, 0) is 24.6 Å². The smallest absolute Gasteiger partial charge is 0.303 e. The van der Waals surface area contributed by atoms with Gasteiger partial charge in [-0.2, -0.15) is 0 Å². The zero-order valence-electron chi connectivity index (χ0n) is 10.3. The normalized spacial score (nSPS) is 19.5. The molecule has 1 heterocycles. The van der Waals surface area contributed by atoms with Crippen molar-refractivity contribution >= 4 is 17.6 Å². The second-order valence-corrected chi connectivity index (χ2v) is 4.41. The summed E-state index contributed by atoms with van der Waals surface area (Å²) in [6.07, 6.45) is 0.167. The van der Waals surface area contributed by atoms with E-state index in [1.165, 1.54) is 17.0 Å². The van der Waals surface area contributed by atoms with E-state index in [9.17, 15) is 14.0 Å². The first-order valence-electron chi connectivity index (χ1n) is 6.10. The summed E-state index contributed by atoms with van der Waals surface area (Å²) in [5, 5.41) is 11.6. The monoisotopic (exact) mass is 266 g/mol. The van der Waals surface area contributed by atoms with Gasteiger partial charge in [0.25, 0.3) is 0 Å². The number of benzene rings is 1. The van der Waals surface area contributed by atoms with Gasteiger partial charge in [-0.25, -0.2) is 4.39 Å². The highest BCUT2D eigenvalue weighted by molar-refractivity contribution is 5.98. The molecule has 1 unspecified atom stereocenters. The third-order valence-electron chi connectivity index (χ3n) is 3.06. The zero-order chi connectivity index (χ0) is 13.8. The SMILES string of the molecule is O=C(O)CCC1NCCN(c2cccc(F)c2)C1=O. The van der Waals surface area contributed by atoms with Crippen LogP contribution in [0.2, 0.25) is 0 Å². The van der Waals surface area contributed by atoms with Crippen LogP contribution < -0.4 is 10.2 Å². The maximum absolute atomic E-state index is 13.2. The summed E-state index contributed by atoms with van der Waals surface area (Å²) in [7, 11) is 0. The first-order chi connectivity index (χ1) is 9.08. The molecule has 1 aromatic rings. The van der Waals surface area contributed by atoms with Gasteiger partial charge in [0.1, 0.15) is 5.82 Å². The zero-order valence-corrected chi connectivity index (χ0v) is 10.3. The summed E-state index contributed by atoms with van der Waals surface area (Å²) in [4.78, 5) is 24.2. The molecule has 2 N–H and O–H groups in total. The molecule has 0 radical (unpaired) electrons. The average Bonchev–Trinajstić information content (AvgIpc) is 2.37. The van der Waals surface area contributed by atoms with Crippen molar-refractivity contribution < 1.29 is 19.1 Å². The minimum atomic E-state index is -0.933. The maximum Gasteiger partial charge on any atom is 0.303 e. The number of hydrogen-bond donors (Lipinski definition) is 2. The first-order valence-corrected chi connectivity index (χ1v) is 6.10. The van der Waals surface area contributed by atoms with Gasteiger partial charge in [-0.15, -0.1) is 0 Å². The number of carboxylic acid groups (broad SMARTS) is 1. The van der Waals surface area contributed by atoms with Crippen molar-refractivity contribution in [1.82, 2.24) is 5.32 Å². The summed E-state index contributed by atoms with van der Waals surface area (Å²) in [5.74, 6) is -1.54. The van der Waals surface area contributed by atoms with Gasteiger partial charge in [-0.1, -0.05) is 6.07 Å². The lowest BCUT2D eigenvalue weighted by molar-refractivity contribution is -0.137. The Morgan fingerprint density at radius 3 is 3.00 bits per heavy atom. The van der Waals surface area contributed by atoms with Crippen molar-refractivity contribution in [1.29, 1.82) is 0 Å². The fourth-order valence-corrected chi connectivity index (χ4v) is 2.13. The van der Waals surface area contributed by atoms with Crippen LogP contribution in [0.4, 0.5) is 10.1 Å². The van der Waals surface area contributed by atoms with Gasteiger partial charge >= 0.3 is 5.97 Å². The van der Waals surface area contributed by atoms with Gasteiger partial charge in [0.05, 0.1) is 6.04 Å². The van der Waals surface area contributed by atoms with Crippen LogP contribution in [0.5, 0.6) is 0 Å². The summed E-state index contributed by atoms with van der Waals surface area (Å²) in [5.41, 5.74) is 0.506. The molecule has 1 fully saturated rings. The molecule has 6 heteroatoms. The Morgan fingerprint density at radius 1 is 1.53 bits per heavy atom. The Kier molecular flexibility index (Phi) is 4.11. The van der Waals surface area contributed by atoms with Gasteiger partial charge in [0, 0.05) is 25.2 Å². The summed E-state index contributed by atoms with van der Waals surface area (Å²) >= 11 is 0. The molecule has 102 valence electrons. The van der Waals surface area contributed by atoms with Crippen molar-refractivity contribution in [3.8, 4) is 0 Å². The molecule has 2 rings (SSSR count). The molecule has 1 amide bonds. The van der Waals surface area contributed by atoms with Crippen LogP contribution in [-0.4, -0.2) is 36.1 Å². The van der Waals surface area contributed by atoms with Gasteiger partial charge in [0.15, 0.2) is 0 Å². The van der Waals surface area contributed by atoms with E-state index < -0.39 is 17.8 Å². The molecule has 19 heavy (non-hydrogen) atoms. The van der Waals surface area contributed by atoms with Gasteiger partial charge in [0.2, 0.25) is 5.91 Å². The highest BCUT2D eigenvalue weighted by atomic mass is 19.1. The molecule has 1 aliphatic rings. The molecule has 1 aliphatic heterocycles. The predicted octanol–water partition coefficient (Wildman–Crippen LogP) is 0.995. The lowest BCUT2D eigenvalue weighted by Crippen LogP contribution is -2.55. The van der Waals surface area contributed by atoms with Crippen molar-refractivity contribution in [2.45, 2.75) is 18.9 Å². The highest BCUT2D eigenvalue weighted by Crippen LogP contribution is 2.19. The van der Waals surface area contributed by atoms with E-state index in [2.05, 4.69) is 5.32 Å². The third kappa shape index (κ3) is 3.29. The average molecular weight is 266 g/mol. The Balaban J connectivity index is 2.09. The molecule has 0 saturated carbocycles. The summed E-state index contributed by atoms with van der Waals surface area (Å²) in [6.45, 7) is 1.01. The van der Waals surface area contributed by atoms with E-state index in [0.717, 1.165) is 0 Å².